The topological polar surface area (TPSA) is 55.1 Å². The molecule has 1 rings (SSSR count). The Morgan fingerprint density at radius 3 is 2.58 bits per heavy atom. The van der Waals surface area contributed by atoms with E-state index in [0.717, 1.165) is 5.69 Å². The molecule has 3 heteroatoms. The predicted octanol–water partition coefficient (Wildman–Crippen LogP) is 1.10. The van der Waals surface area contributed by atoms with Gasteiger partial charge in [0.05, 0.1) is 0 Å². The average Bonchev–Trinajstić information content (AvgIpc) is 2.05. The van der Waals surface area contributed by atoms with Crippen LogP contribution in [-0.4, -0.2) is 5.91 Å². The van der Waals surface area contributed by atoms with Gasteiger partial charge in [0.25, 0.3) is 0 Å². The number of nitrogens with two attached hydrogens (primary N) is 1. The van der Waals surface area contributed by atoms with Gasteiger partial charge in [0.2, 0.25) is 5.91 Å². The van der Waals surface area contributed by atoms with Crippen molar-refractivity contribution < 1.29 is 4.79 Å². The summed E-state index contributed by atoms with van der Waals surface area (Å²) in [5.74, 6) is -0.460. The first-order valence-electron chi connectivity index (χ1n) is 3.56. The molecule has 3 nitrogen and oxygen atoms in total. The first-order chi connectivity index (χ1) is 5.79. The highest BCUT2D eigenvalue weighted by Gasteiger charge is 1.84. The molecule has 0 aliphatic rings. The zero-order valence-corrected chi connectivity index (χ0v) is 6.53. The van der Waals surface area contributed by atoms with Crippen molar-refractivity contribution in [3.63, 3.8) is 0 Å². The number of carbonyl (C=O) groups excluding carboxylic acids is 1. The molecule has 0 saturated heterocycles. The molecule has 0 heterocycles. The SMILES string of the molecule is NC(=O)/C=C/Nc1ccccc1. The predicted molar refractivity (Wildman–Crippen MR) is 48.4 cm³/mol. The molecule has 0 bridgehead atoms. The zero-order chi connectivity index (χ0) is 8.81. The Morgan fingerprint density at radius 1 is 1.33 bits per heavy atom. The number of hydrogen-bond acceptors (Lipinski definition) is 2. The number of hydrogen-bond donors (Lipinski definition) is 2. The summed E-state index contributed by atoms with van der Waals surface area (Å²) in [6.07, 6.45) is 2.78. The van der Waals surface area contributed by atoms with Gasteiger partial charge in [0, 0.05) is 18.0 Å². The van der Waals surface area contributed by atoms with Crippen molar-refractivity contribution >= 4 is 11.6 Å². The number of benzene rings is 1. The summed E-state index contributed by atoms with van der Waals surface area (Å²) in [5.41, 5.74) is 5.82. The first-order valence-corrected chi connectivity index (χ1v) is 3.56. The third kappa shape index (κ3) is 2.88. The van der Waals surface area contributed by atoms with Gasteiger partial charge >= 0.3 is 0 Å². The molecule has 3 N–H and O–H groups in total. The second kappa shape index (κ2) is 4.18. The lowest BCUT2D eigenvalue weighted by molar-refractivity contribution is -0.113. The van der Waals surface area contributed by atoms with Gasteiger partial charge in [-0.2, -0.15) is 0 Å². The average molecular weight is 162 g/mol. The molecule has 1 aromatic rings. The fraction of sp³-hybridized carbons (Fsp3) is 0. The quantitative estimate of drug-likeness (QED) is 0.654. The number of primary amides is 1. The van der Waals surface area contributed by atoms with Gasteiger partial charge in [-0.15, -0.1) is 0 Å². The maximum absolute atomic E-state index is 10.3. The fourth-order valence-electron chi connectivity index (χ4n) is 0.754. The molecule has 0 atom stereocenters. The maximum Gasteiger partial charge on any atom is 0.242 e. The Morgan fingerprint density at radius 2 is 2.00 bits per heavy atom. The van der Waals surface area contributed by atoms with Crippen LogP contribution in [-0.2, 0) is 4.79 Å². The van der Waals surface area contributed by atoms with Gasteiger partial charge in [-0.1, -0.05) is 18.2 Å². The minimum Gasteiger partial charge on any atom is -0.366 e. The lowest BCUT2D eigenvalue weighted by Gasteiger charge is -1.97. The van der Waals surface area contributed by atoms with E-state index in [1.807, 2.05) is 30.3 Å². The van der Waals surface area contributed by atoms with Crippen LogP contribution in [0.4, 0.5) is 5.69 Å². The summed E-state index contributed by atoms with van der Waals surface area (Å²) in [5, 5.41) is 2.89. The van der Waals surface area contributed by atoms with Crippen LogP contribution in [0.1, 0.15) is 0 Å². The van der Waals surface area contributed by atoms with E-state index in [1.165, 1.54) is 12.3 Å². The highest BCUT2D eigenvalue weighted by atomic mass is 16.1. The Bertz CT molecular complexity index is 280. The molecular formula is C9H10N2O. The van der Waals surface area contributed by atoms with E-state index in [0.29, 0.717) is 0 Å². The lowest BCUT2D eigenvalue weighted by Crippen LogP contribution is -2.06. The van der Waals surface area contributed by atoms with Crippen LogP contribution in [0.2, 0.25) is 0 Å². The molecule has 0 aliphatic heterocycles. The molecule has 0 fully saturated rings. The summed E-state index contributed by atoms with van der Waals surface area (Å²) in [6.45, 7) is 0. The molecule has 12 heavy (non-hydrogen) atoms. The Hall–Kier alpha value is -1.77. The van der Waals surface area contributed by atoms with E-state index in [1.54, 1.807) is 0 Å². The third-order valence-electron chi connectivity index (χ3n) is 1.27. The minimum absolute atomic E-state index is 0.460. The van der Waals surface area contributed by atoms with Crippen molar-refractivity contribution in [2.75, 3.05) is 5.32 Å². The van der Waals surface area contributed by atoms with E-state index in [2.05, 4.69) is 5.32 Å². The number of nitrogens with one attached hydrogen (secondary N) is 1. The minimum atomic E-state index is -0.460. The molecule has 0 saturated carbocycles. The Labute approximate surface area is 70.9 Å². The van der Waals surface area contributed by atoms with Crippen LogP contribution in [0, 0.1) is 0 Å². The van der Waals surface area contributed by atoms with Crippen molar-refractivity contribution in [1.82, 2.24) is 0 Å². The molecule has 0 unspecified atom stereocenters. The molecule has 0 spiro atoms. The highest BCUT2D eigenvalue weighted by Crippen LogP contribution is 2.03. The van der Waals surface area contributed by atoms with Crippen molar-refractivity contribution in [2.45, 2.75) is 0 Å². The Kier molecular flexibility index (Phi) is 2.90. The van der Waals surface area contributed by atoms with E-state index in [-0.39, 0.29) is 0 Å². The molecule has 0 radical (unpaired) electrons. The van der Waals surface area contributed by atoms with Crippen LogP contribution >= 0.6 is 0 Å². The van der Waals surface area contributed by atoms with Gasteiger partial charge in [-0.3, -0.25) is 4.79 Å². The summed E-state index contributed by atoms with van der Waals surface area (Å²) in [7, 11) is 0. The largest absolute Gasteiger partial charge is 0.366 e. The number of amides is 1. The molecule has 1 aromatic carbocycles. The zero-order valence-electron chi connectivity index (χ0n) is 6.53. The van der Waals surface area contributed by atoms with E-state index < -0.39 is 5.91 Å². The summed E-state index contributed by atoms with van der Waals surface area (Å²) >= 11 is 0. The molecular weight excluding hydrogens is 152 g/mol. The number of anilines is 1. The summed E-state index contributed by atoms with van der Waals surface area (Å²) in [6, 6.07) is 9.51. The van der Waals surface area contributed by atoms with Crippen molar-refractivity contribution in [1.29, 1.82) is 0 Å². The smallest absolute Gasteiger partial charge is 0.242 e. The molecule has 62 valence electrons. The van der Waals surface area contributed by atoms with Gasteiger partial charge in [-0.05, 0) is 12.1 Å². The second-order valence-corrected chi connectivity index (χ2v) is 2.25. The van der Waals surface area contributed by atoms with Crippen molar-refractivity contribution in [2.24, 2.45) is 5.73 Å². The van der Waals surface area contributed by atoms with Gasteiger partial charge in [0.1, 0.15) is 0 Å². The second-order valence-electron chi connectivity index (χ2n) is 2.25. The molecule has 0 aromatic heterocycles. The lowest BCUT2D eigenvalue weighted by atomic mass is 10.3. The van der Waals surface area contributed by atoms with E-state index in [9.17, 15) is 4.79 Å². The highest BCUT2D eigenvalue weighted by molar-refractivity contribution is 5.86. The monoisotopic (exact) mass is 162 g/mol. The Balaban J connectivity index is 2.49. The normalized spacial score (nSPS) is 10.0. The maximum atomic E-state index is 10.3. The number of carbonyl (C=O) groups is 1. The third-order valence-corrected chi connectivity index (χ3v) is 1.27. The van der Waals surface area contributed by atoms with E-state index >= 15 is 0 Å². The standard InChI is InChI=1S/C9H10N2O/c10-9(12)6-7-11-8-4-2-1-3-5-8/h1-7,11H,(H2,10,12)/b7-6+. The van der Waals surface area contributed by atoms with Crippen molar-refractivity contribution in [3.8, 4) is 0 Å². The van der Waals surface area contributed by atoms with Crippen LogP contribution in [0.25, 0.3) is 0 Å². The fourth-order valence-corrected chi connectivity index (χ4v) is 0.754. The first kappa shape index (κ1) is 8.33. The number of para-hydroxylation sites is 1. The van der Waals surface area contributed by atoms with Crippen molar-refractivity contribution in [3.05, 3.63) is 42.6 Å². The van der Waals surface area contributed by atoms with Crippen LogP contribution in [0.5, 0.6) is 0 Å². The van der Waals surface area contributed by atoms with Gasteiger partial charge < -0.3 is 11.1 Å². The van der Waals surface area contributed by atoms with Crippen LogP contribution in [0.3, 0.4) is 0 Å². The van der Waals surface area contributed by atoms with Gasteiger partial charge in [0.15, 0.2) is 0 Å². The van der Waals surface area contributed by atoms with Crippen LogP contribution in [0.15, 0.2) is 42.6 Å². The van der Waals surface area contributed by atoms with E-state index in [4.69, 9.17) is 5.73 Å². The summed E-state index contributed by atoms with van der Waals surface area (Å²) < 4.78 is 0. The van der Waals surface area contributed by atoms with Gasteiger partial charge in [-0.25, -0.2) is 0 Å². The molecule has 1 amide bonds. The summed E-state index contributed by atoms with van der Waals surface area (Å²) in [4.78, 5) is 10.3. The van der Waals surface area contributed by atoms with Crippen LogP contribution < -0.4 is 11.1 Å². The number of rotatable bonds is 3. The molecule has 0 aliphatic carbocycles.